The molecule has 108 valence electrons. The van der Waals surface area contributed by atoms with E-state index < -0.39 is 0 Å². The highest BCUT2D eigenvalue weighted by Crippen LogP contribution is 2.31. The van der Waals surface area contributed by atoms with Gasteiger partial charge >= 0.3 is 0 Å². The van der Waals surface area contributed by atoms with Crippen LogP contribution in [0.4, 0.5) is 11.4 Å². The van der Waals surface area contributed by atoms with Crippen LogP contribution in [0.2, 0.25) is 5.02 Å². The molecule has 1 aliphatic rings. The topological polar surface area (TPSA) is 35.8 Å². The van der Waals surface area contributed by atoms with E-state index in [1.54, 1.807) is 24.4 Å². The van der Waals surface area contributed by atoms with Gasteiger partial charge in [-0.2, -0.15) is 0 Å². The second-order valence-electron chi connectivity index (χ2n) is 5.14. The molecule has 1 aliphatic heterocycles. The number of benzene rings is 2. The third kappa shape index (κ3) is 3.19. The fraction of sp³-hybridized carbons (Fsp3) is 0.235. The summed E-state index contributed by atoms with van der Waals surface area (Å²) in [6, 6.07) is 13.0. The molecule has 0 spiro atoms. The van der Waals surface area contributed by atoms with Gasteiger partial charge < -0.3 is 10.0 Å². The number of aliphatic imine (C=N–C) groups is 1. The summed E-state index contributed by atoms with van der Waals surface area (Å²) >= 11 is 5.95. The second-order valence-corrected chi connectivity index (χ2v) is 5.58. The highest BCUT2D eigenvalue weighted by atomic mass is 35.5. The Morgan fingerprint density at radius 2 is 1.86 bits per heavy atom. The molecule has 4 heteroatoms. The number of hydrogen-bond acceptors (Lipinski definition) is 3. The Balaban J connectivity index is 1.90. The minimum Gasteiger partial charge on any atom is -0.507 e. The van der Waals surface area contributed by atoms with Crippen LogP contribution in [0, 0.1) is 0 Å². The first-order chi connectivity index (χ1) is 10.2. The summed E-state index contributed by atoms with van der Waals surface area (Å²) in [5, 5.41) is 10.4. The number of phenolic OH excluding ortho intramolecular Hbond substituents is 1. The van der Waals surface area contributed by atoms with Crippen molar-refractivity contribution in [3.8, 4) is 5.75 Å². The fourth-order valence-electron chi connectivity index (χ4n) is 2.57. The zero-order chi connectivity index (χ0) is 14.7. The molecule has 21 heavy (non-hydrogen) atoms. The molecule has 1 heterocycles. The lowest BCUT2D eigenvalue weighted by Gasteiger charge is -2.19. The molecule has 1 fully saturated rings. The molecular formula is C17H17ClN2O. The SMILES string of the molecule is Oc1ccc(Cl)cc1C=Nc1ccccc1N1CCCC1. The summed E-state index contributed by atoms with van der Waals surface area (Å²) in [5.74, 6) is 0.182. The van der Waals surface area contributed by atoms with Crippen molar-refractivity contribution in [1.82, 2.24) is 0 Å². The van der Waals surface area contributed by atoms with E-state index in [0.717, 1.165) is 24.5 Å². The highest BCUT2D eigenvalue weighted by Gasteiger charge is 2.14. The Hall–Kier alpha value is -2.00. The van der Waals surface area contributed by atoms with Gasteiger partial charge in [-0.15, -0.1) is 0 Å². The number of aromatic hydroxyl groups is 1. The van der Waals surface area contributed by atoms with E-state index >= 15 is 0 Å². The molecule has 3 rings (SSSR count). The minimum absolute atomic E-state index is 0.182. The van der Waals surface area contributed by atoms with Crippen LogP contribution in [-0.2, 0) is 0 Å². The zero-order valence-electron chi connectivity index (χ0n) is 11.7. The lowest BCUT2D eigenvalue weighted by Crippen LogP contribution is -2.17. The molecule has 1 N–H and O–H groups in total. The van der Waals surface area contributed by atoms with Crippen molar-refractivity contribution in [3.63, 3.8) is 0 Å². The predicted octanol–water partition coefficient (Wildman–Crippen LogP) is 4.40. The van der Waals surface area contributed by atoms with Crippen LogP contribution in [-0.4, -0.2) is 24.4 Å². The Labute approximate surface area is 129 Å². The van der Waals surface area contributed by atoms with Gasteiger partial charge in [0.25, 0.3) is 0 Å². The van der Waals surface area contributed by atoms with Crippen molar-refractivity contribution in [2.24, 2.45) is 4.99 Å². The smallest absolute Gasteiger partial charge is 0.124 e. The van der Waals surface area contributed by atoms with Crippen LogP contribution >= 0.6 is 11.6 Å². The average Bonchev–Trinajstić information content (AvgIpc) is 3.03. The van der Waals surface area contributed by atoms with E-state index in [9.17, 15) is 5.11 Å². The summed E-state index contributed by atoms with van der Waals surface area (Å²) < 4.78 is 0. The maximum absolute atomic E-state index is 9.83. The summed E-state index contributed by atoms with van der Waals surface area (Å²) in [5.41, 5.74) is 2.69. The van der Waals surface area contributed by atoms with Gasteiger partial charge in [-0.05, 0) is 43.2 Å². The van der Waals surface area contributed by atoms with Crippen LogP contribution in [0.1, 0.15) is 18.4 Å². The van der Waals surface area contributed by atoms with E-state index in [1.807, 2.05) is 18.2 Å². The quantitative estimate of drug-likeness (QED) is 0.853. The molecule has 0 saturated carbocycles. The van der Waals surface area contributed by atoms with Crippen molar-refractivity contribution >= 4 is 29.2 Å². The number of anilines is 1. The van der Waals surface area contributed by atoms with E-state index in [-0.39, 0.29) is 5.75 Å². The first-order valence-corrected chi connectivity index (χ1v) is 7.48. The lowest BCUT2D eigenvalue weighted by atomic mass is 10.2. The molecule has 2 aromatic carbocycles. The summed E-state index contributed by atoms with van der Waals surface area (Å²) in [6.45, 7) is 2.16. The molecule has 3 nitrogen and oxygen atoms in total. The number of rotatable bonds is 3. The molecular weight excluding hydrogens is 284 g/mol. The maximum atomic E-state index is 9.83. The number of nitrogens with zero attached hydrogens (tertiary/aromatic N) is 2. The van der Waals surface area contributed by atoms with Crippen molar-refractivity contribution in [2.75, 3.05) is 18.0 Å². The van der Waals surface area contributed by atoms with Crippen molar-refractivity contribution < 1.29 is 5.11 Å². The Kier molecular flexibility index (Phi) is 4.11. The van der Waals surface area contributed by atoms with Gasteiger partial charge in [0.15, 0.2) is 0 Å². The Morgan fingerprint density at radius 1 is 1.10 bits per heavy atom. The summed E-state index contributed by atoms with van der Waals surface area (Å²) in [6.07, 6.45) is 4.12. The molecule has 0 unspecified atom stereocenters. The molecule has 2 aromatic rings. The minimum atomic E-state index is 0.182. The largest absolute Gasteiger partial charge is 0.507 e. The van der Waals surface area contributed by atoms with E-state index in [0.29, 0.717) is 10.6 Å². The lowest BCUT2D eigenvalue weighted by molar-refractivity contribution is 0.474. The van der Waals surface area contributed by atoms with Crippen molar-refractivity contribution in [2.45, 2.75) is 12.8 Å². The third-order valence-corrected chi connectivity index (χ3v) is 3.90. The Bertz CT molecular complexity index is 664. The zero-order valence-corrected chi connectivity index (χ0v) is 12.4. The maximum Gasteiger partial charge on any atom is 0.124 e. The van der Waals surface area contributed by atoms with E-state index in [2.05, 4.69) is 16.0 Å². The first kappa shape index (κ1) is 14.0. The molecule has 1 saturated heterocycles. The van der Waals surface area contributed by atoms with Crippen LogP contribution < -0.4 is 4.90 Å². The van der Waals surface area contributed by atoms with Gasteiger partial charge in [-0.25, -0.2) is 0 Å². The number of hydrogen-bond donors (Lipinski definition) is 1. The predicted molar refractivity (Wildman–Crippen MR) is 88.3 cm³/mol. The summed E-state index contributed by atoms with van der Waals surface area (Å²) in [7, 11) is 0. The second kappa shape index (κ2) is 6.19. The average molecular weight is 301 g/mol. The number of halogens is 1. The van der Waals surface area contributed by atoms with Gasteiger partial charge in [-0.3, -0.25) is 4.99 Å². The first-order valence-electron chi connectivity index (χ1n) is 7.10. The van der Waals surface area contributed by atoms with Crippen molar-refractivity contribution in [1.29, 1.82) is 0 Å². The monoisotopic (exact) mass is 300 g/mol. The van der Waals surface area contributed by atoms with E-state index in [1.165, 1.54) is 12.8 Å². The van der Waals surface area contributed by atoms with Gasteiger partial charge in [0.05, 0.1) is 11.4 Å². The van der Waals surface area contributed by atoms with Crippen LogP contribution in [0.15, 0.2) is 47.5 Å². The number of phenols is 1. The standard InChI is InChI=1S/C17H17ClN2O/c18-14-7-8-17(21)13(11-14)12-19-15-5-1-2-6-16(15)20-9-3-4-10-20/h1-2,5-8,11-12,21H,3-4,9-10H2. The normalized spacial score (nSPS) is 15.0. The molecule has 0 radical (unpaired) electrons. The Morgan fingerprint density at radius 3 is 2.67 bits per heavy atom. The summed E-state index contributed by atoms with van der Waals surface area (Å²) in [4.78, 5) is 6.89. The van der Waals surface area contributed by atoms with Gasteiger partial charge in [0.1, 0.15) is 5.75 Å². The molecule has 0 aliphatic carbocycles. The fourth-order valence-corrected chi connectivity index (χ4v) is 2.75. The van der Waals surface area contributed by atoms with Gasteiger partial charge in [-0.1, -0.05) is 23.7 Å². The third-order valence-electron chi connectivity index (χ3n) is 3.66. The molecule has 0 bridgehead atoms. The molecule has 0 amide bonds. The van der Waals surface area contributed by atoms with Crippen LogP contribution in [0.3, 0.4) is 0 Å². The van der Waals surface area contributed by atoms with Gasteiger partial charge in [0.2, 0.25) is 0 Å². The number of para-hydroxylation sites is 2. The molecule has 0 aromatic heterocycles. The van der Waals surface area contributed by atoms with E-state index in [4.69, 9.17) is 11.6 Å². The van der Waals surface area contributed by atoms with Crippen LogP contribution in [0.5, 0.6) is 5.75 Å². The molecule has 0 atom stereocenters. The van der Waals surface area contributed by atoms with Gasteiger partial charge in [0, 0.05) is 29.9 Å². The van der Waals surface area contributed by atoms with Crippen molar-refractivity contribution in [3.05, 3.63) is 53.1 Å². The highest BCUT2D eigenvalue weighted by molar-refractivity contribution is 6.30. The van der Waals surface area contributed by atoms with Crippen LogP contribution in [0.25, 0.3) is 0 Å².